The van der Waals surface area contributed by atoms with Crippen LogP contribution in [0.4, 0.5) is 5.82 Å². The lowest BCUT2D eigenvalue weighted by atomic mass is 10.0. The summed E-state index contributed by atoms with van der Waals surface area (Å²) in [4.78, 5) is 30.2. The summed E-state index contributed by atoms with van der Waals surface area (Å²) in [6.45, 7) is 4.37. The number of aromatic nitrogens is 2. The van der Waals surface area contributed by atoms with E-state index in [2.05, 4.69) is 46.5 Å². The maximum absolute atomic E-state index is 13.9. The average molecular weight is 642 g/mol. The van der Waals surface area contributed by atoms with Crippen LogP contribution in [0.5, 0.6) is 11.8 Å². The van der Waals surface area contributed by atoms with Crippen molar-refractivity contribution in [3.8, 4) is 11.8 Å². The van der Waals surface area contributed by atoms with Gasteiger partial charge in [0.1, 0.15) is 11.6 Å². The minimum absolute atomic E-state index is 0.0945. The largest absolute Gasteiger partial charge is 0.508 e. The van der Waals surface area contributed by atoms with E-state index in [1.165, 1.54) is 12.8 Å². The molecule has 0 unspecified atom stereocenters. The molecule has 0 radical (unpaired) electrons. The van der Waals surface area contributed by atoms with E-state index in [9.17, 15) is 9.90 Å². The number of nitrogens with zero attached hydrogens (tertiary/aromatic N) is 5. The molecular weight excluding hydrogens is 605 g/mol. The van der Waals surface area contributed by atoms with E-state index >= 15 is 0 Å². The first-order chi connectivity index (χ1) is 18.8. The Morgan fingerprint density at radius 3 is 2.59 bits per heavy atom. The molecule has 39 heavy (non-hydrogen) atoms. The van der Waals surface area contributed by atoms with Crippen LogP contribution in [0.25, 0.3) is 10.8 Å². The minimum Gasteiger partial charge on any atom is -0.508 e. The van der Waals surface area contributed by atoms with E-state index in [4.69, 9.17) is 14.7 Å². The fourth-order valence-corrected chi connectivity index (χ4v) is 6.90. The van der Waals surface area contributed by atoms with Gasteiger partial charge in [0.15, 0.2) is 0 Å². The Balaban J connectivity index is 1.31. The Labute approximate surface area is 243 Å². The smallest absolute Gasteiger partial charge is 0.318 e. The lowest BCUT2D eigenvalue weighted by molar-refractivity contribution is 0.0752. The molecule has 1 amide bonds. The number of halogens is 1. The number of ether oxygens (including phenoxy) is 1. The van der Waals surface area contributed by atoms with Crippen molar-refractivity contribution in [1.82, 2.24) is 19.8 Å². The Morgan fingerprint density at radius 2 is 1.87 bits per heavy atom. The van der Waals surface area contributed by atoms with E-state index in [-0.39, 0.29) is 17.1 Å². The predicted octanol–water partition coefficient (Wildman–Crippen LogP) is 5.20. The molecule has 3 heterocycles. The van der Waals surface area contributed by atoms with Gasteiger partial charge in [-0.2, -0.15) is 9.97 Å². The van der Waals surface area contributed by atoms with Crippen LogP contribution in [0.1, 0.15) is 60.1 Å². The molecule has 2 aliphatic heterocycles. The summed E-state index contributed by atoms with van der Waals surface area (Å²) in [5, 5.41) is 12.1. The number of rotatable bonds is 7. The van der Waals surface area contributed by atoms with Crippen molar-refractivity contribution >= 4 is 45.1 Å². The number of phenols is 1. The molecule has 1 saturated carbocycles. The van der Waals surface area contributed by atoms with Crippen LogP contribution in [-0.4, -0.2) is 71.1 Å². The Bertz CT molecular complexity index is 1400. The van der Waals surface area contributed by atoms with Gasteiger partial charge in [-0.1, -0.05) is 25.0 Å². The highest BCUT2D eigenvalue weighted by Crippen LogP contribution is 2.46. The van der Waals surface area contributed by atoms with Gasteiger partial charge in [0, 0.05) is 39.6 Å². The van der Waals surface area contributed by atoms with Gasteiger partial charge in [-0.3, -0.25) is 4.79 Å². The number of amides is 1. The molecule has 9 heteroatoms. The monoisotopic (exact) mass is 641 g/mol. The second-order valence-corrected chi connectivity index (χ2v) is 12.8. The molecule has 1 N–H and O–H groups in total. The fourth-order valence-electron chi connectivity index (χ4n) is 6.09. The highest BCUT2D eigenvalue weighted by atomic mass is 127. The van der Waals surface area contributed by atoms with Crippen LogP contribution in [0.2, 0.25) is 0 Å². The first kappa shape index (κ1) is 26.6. The van der Waals surface area contributed by atoms with Crippen LogP contribution in [0.15, 0.2) is 30.3 Å². The quantitative estimate of drug-likeness (QED) is 0.356. The van der Waals surface area contributed by atoms with Crippen molar-refractivity contribution in [1.29, 1.82) is 0 Å². The molecule has 0 spiro atoms. The van der Waals surface area contributed by atoms with Gasteiger partial charge in [0.2, 0.25) is 0 Å². The van der Waals surface area contributed by atoms with Gasteiger partial charge in [0.05, 0.1) is 31.0 Å². The van der Waals surface area contributed by atoms with E-state index in [1.807, 2.05) is 23.1 Å². The molecule has 3 aromatic rings. The number of hydrogen-bond acceptors (Lipinski definition) is 7. The second kappa shape index (κ2) is 10.7. The summed E-state index contributed by atoms with van der Waals surface area (Å²) in [6, 6.07) is 9.59. The van der Waals surface area contributed by atoms with Gasteiger partial charge in [0.25, 0.3) is 5.91 Å². The molecule has 0 bridgehead atoms. The zero-order valence-corrected chi connectivity index (χ0v) is 24.9. The van der Waals surface area contributed by atoms with E-state index in [1.54, 1.807) is 12.1 Å². The number of benzene rings is 2. The summed E-state index contributed by atoms with van der Waals surface area (Å²) in [5.41, 5.74) is 2.59. The van der Waals surface area contributed by atoms with E-state index in [0.29, 0.717) is 31.3 Å². The summed E-state index contributed by atoms with van der Waals surface area (Å²) >= 11 is 2.26. The third-order valence-electron chi connectivity index (χ3n) is 8.19. The molecule has 1 aromatic heterocycles. The topological polar surface area (TPSA) is 82.0 Å². The number of carbonyl (C=O) groups is 1. The standard InChI is InChI=1S/C30H36IN5O3/c1-34(2)18-30(10-11-30)19-39-29-32-25-17-36(16-23(25)27(33-29)35-12-5-3-4-6-13-35)28(38)22-15-21(37)14-20-8-7-9-24(31)26(20)22/h7-9,14-15,37H,3-6,10-13,16-19H2,1-2H3. The van der Waals surface area contributed by atoms with Gasteiger partial charge in [-0.25, -0.2) is 0 Å². The number of carbonyl (C=O) groups excluding carboxylic acids is 1. The maximum Gasteiger partial charge on any atom is 0.318 e. The van der Waals surface area contributed by atoms with Crippen molar-refractivity contribution in [2.75, 3.05) is 45.2 Å². The molecule has 3 aliphatic rings. The van der Waals surface area contributed by atoms with Crippen molar-refractivity contribution in [2.45, 2.75) is 51.6 Å². The first-order valence-corrected chi connectivity index (χ1v) is 15.0. The molecule has 6 rings (SSSR count). The zero-order chi connectivity index (χ0) is 27.1. The SMILES string of the molecule is CN(C)CC1(COc2nc3c(c(N4CCCCCC4)n2)CN(C(=O)c2cc(O)cc4cccc(I)c24)C3)CC1. The first-order valence-electron chi connectivity index (χ1n) is 13.9. The molecule has 2 fully saturated rings. The average Bonchev–Trinajstić information content (AvgIpc) is 3.60. The number of aromatic hydroxyl groups is 1. The van der Waals surface area contributed by atoms with Crippen LogP contribution in [-0.2, 0) is 13.1 Å². The van der Waals surface area contributed by atoms with Crippen LogP contribution < -0.4 is 9.64 Å². The number of anilines is 1. The highest BCUT2D eigenvalue weighted by molar-refractivity contribution is 14.1. The highest BCUT2D eigenvalue weighted by Gasteiger charge is 2.44. The molecule has 206 valence electrons. The third kappa shape index (κ3) is 5.52. The van der Waals surface area contributed by atoms with Gasteiger partial charge >= 0.3 is 6.01 Å². The minimum atomic E-state index is -0.106. The Morgan fingerprint density at radius 1 is 1.10 bits per heavy atom. The maximum atomic E-state index is 13.9. The van der Waals surface area contributed by atoms with Gasteiger partial charge in [-0.05, 0) is 86.0 Å². The summed E-state index contributed by atoms with van der Waals surface area (Å²) in [7, 11) is 4.21. The van der Waals surface area contributed by atoms with Gasteiger partial charge in [-0.15, -0.1) is 0 Å². The van der Waals surface area contributed by atoms with Gasteiger partial charge < -0.3 is 24.5 Å². The van der Waals surface area contributed by atoms with Crippen molar-refractivity contribution in [3.05, 3.63) is 50.7 Å². The Hall–Kier alpha value is -2.66. The lowest BCUT2D eigenvalue weighted by Crippen LogP contribution is -2.29. The second-order valence-electron chi connectivity index (χ2n) is 11.7. The normalized spacial score (nSPS) is 18.4. The summed E-state index contributed by atoms with van der Waals surface area (Å²) in [5.74, 6) is 0.905. The predicted molar refractivity (Wildman–Crippen MR) is 160 cm³/mol. The van der Waals surface area contributed by atoms with Crippen molar-refractivity contribution < 1.29 is 14.6 Å². The molecule has 2 aromatic carbocycles. The number of fused-ring (bicyclic) bond motifs is 2. The zero-order valence-electron chi connectivity index (χ0n) is 22.7. The molecule has 1 aliphatic carbocycles. The summed E-state index contributed by atoms with van der Waals surface area (Å²) < 4.78 is 7.26. The van der Waals surface area contributed by atoms with Crippen LogP contribution >= 0.6 is 22.6 Å². The molecule has 8 nitrogen and oxygen atoms in total. The van der Waals surface area contributed by atoms with Crippen molar-refractivity contribution in [2.24, 2.45) is 5.41 Å². The van der Waals surface area contributed by atoms with Crippen LogP contribution in [0, 0.1) is 8.99 Å². The molecule has 0 atom stereocenters. The number of hydrogen-bond donors (Lipinski definition) is 1. The van der Waals surface area contributed by atoms with E-state index < -0.39 is 0 Å². The Kier molecular flexibility index (Phi) is 7.30. The summed E-state index contributed by atoms with van der Waals surface area (Å²) in [6.07, 6.45) is 7.05. The van der Waals surface area contributed by atoms with E-state index in [0.717, 1.165) is 76.7 Å². The van der Waals surface area contributed by atoms with Crippen LogP contribution in [0.3, 0.4) is 0 Å². The molecule has 1 saturated heterocycles. The van der Waals surface area contributed by atoms with Crippen molar-refractivity contribution in [3.63, 3.8) is 0 Å². The lowest BCUT2D eigenvalue weighted by Gasteiger charge is -2.25. The fraction of sp³-hybridized carbons (Fsp3) is 0.500. The molecular formula is C30H36IN5O3. The third-order valence-corrected chi connectivity index (χ3v) is 9.09. The number of phenolic OH excluding ortho intramolecular Hbond substituents is 1.